The number of carbonyl (C=O) groups is 2. The highest BCUT2D eigenvalue weighted by Crippen LogP contribution is 2.28. The number of rotatable bonds is 11. The molecule has 2 aromatic heterocycles. The molecule has 230 valence electrons. The molecular formula is C32H43N7O4. The lowest BCUT2D eigenvalue weighted by Crippen LogP contribution is -2.37. The van der Waals surface area contributed by atoms with Gasteiger partial charge in [0, 0.05) is 44.9 Å². The summed E-state index contributed by atoms with van der Waals surface area (Å²) in [6.07, 6.45) is 3.77. The monoisotopic (exact) mass is 589 g/mol. The van der Waals surface area contributed by atoms with Crippen LogP contribution in [-0.4, -0.2) is 62.8 Å². The summed E-state index contributed by atoms with van der Waals surface area (Å²) in [6.45, 7) is 17.0. The van der Waals surface area contributed by atoms with Crippen LogP contribution < -0.4 is 10.6 Å². The number of imidazole rings is 1. The Labute approximate surface area is 253 Å². The van der Waals surface area contributed by atoms with E-state index in [0.29, 0.717) is 44.8 Å². The van der Waals surface area contributed by atoms with Gasteiger partial charge < -0.3 is 24.0 Å². The molecule has 0 unspecified atom stereocenters. The quantitative estimate of drug-likeness (QED) is 0.238. The lowest BCUT2D eigenvalue weighted by Gasteiger charge is -2.28. The Hall–Kier alpha value is -4.01. The molecule has 11 heteroatoms. The van der Waals surface area contributed by atoms with E-state index in [1.165, 1.54) is 12.3 Å². The number of anilines is 1. The zero-order chi connectivity index (χ0) is 31.4. The molecule has 1 saturated heterocycles. The predicted octanol–water partition coefficient (Wildman–Crippen LogP) is 4.91. The number of likely N-dealkylation sites (tertiary alicyclic amines) is 1. The predicted molar refractivity (Wildman–Crippen MR) is 164 cm³/mol. The Morgan fingerprint density at radius 3 is 2.67 bits per heavy atom. The van der Waals surface area contributed by atoms with Gasteiger partial charge in [0.2, 0.25) is 11.7 Å². The van der Waals surface area contributed by atoms with Gasteiger partial charge in [0.15, 0.2) is 0 Å². The molecule has 0 aliphatic carbocycles. The van der Waals surface area contributed by atoms with Crippen molar-refractivity contribution < 1.29 is 18.8 Å². The highest BCUT2D eigenvalue weighted by Gasteiger charge is 2.31. The number of amides is 2. The SMILES string of the molecule is CCOC(C)(C)C=C(C#N)C(=O)N1CC[C@@H](Cn2c(NC(=O)c3ccno3)nc3cc(CN[C@@H](C)C(C)(C)C)ccc32)C1. The Kier molecular flexibility index (Phi) is 9.72. The van der Waals surface area contributed by atoms with E-state index >= 15 is 0 Å². The molecule has 4 rings (SSSR count). The van der Waals surface area contributed by atoms with E-state index in [2.05, 4.69) is 55.6 Å². The Morgan fingerprint density at radius 2 is 2.02 bits per heavy atom. The number of hydrogen-bond donors (Lipinski definition) is 2. The van der Waals surface area contributed by atoms with Crippen molar-refractivity contribution in [3.8, 4) is 6.07 Å². The van der Waals surface area contributed by atoms with Gasteiger partial charge in [-0.05, 0) is 69.2 Å². The Balaban J connectivity index is 1.56. The number of hydrogen-bond acceptors (Lipinski definition) is 8. The summed E-state index contributed by atoms with van der Waals surface area (Å²) in [5.74, 6) is -0.169. The summed E-state index contributed by atoms with van der Waals surface area (Å²) in [5, 5.41) is 19.8. The summed E-state index contributed by atoms with van der Waals surface area (Å²) in [4.78, 5) is 32.6. The van der Waals surface area contributed by atoms with E-state index in [9.17, 15) is 14.9 Å². The zero-order valence-corrected chi connectivity index (χ0v) is 26.2. The van der Waals surface area contributed by atoms with Crippen LogP contribution in [-0.2, 0) is 22.6 Å². The van der Waals surface area contributed by atoms with Crippen molar-refractivity contribution in [1.29, 1.82) is 5.26 Å². The van der Waals surface area contributed by atoms with Crippen LogP contribution in [0.4, 0.5) is 5.95 Å². The van der Waals surface area contributed by atoms with Crippen molar-refractivity contribution >= 4 is 28.8 Å². The largest absolute Gasteiger partial charge is 0.372 e. The molecule has 1 aliphatic rings. The Bertz CT molecular complexity index is 1510. The molecule has 0 saturated carbocycles. The molecule has 2 atom stereocenters. The average molecular weight is 590 g/mol. The van der Waals surface area contributed by atoms with Crippen molar-refractivity contribution in [3.05, 3.63) is 53.4 Å². The van der Waals surface area contributed by atoms with Gasteiger partial charge in [-0.15, -0.1) is 0 Å². The van der Waals surface area contributed by atoms with Gasteiger partial charge in [0.1, 0.15) is 11.6 Å². The lowest BCUT2D eigenvalue weighted by molar-refractivity contribution is -0.126. The van der Waals surface area contributed by atoms with Gasteiger partial charge in [-0.2, -0.15) is 5.26 Å². The number of fused-ring (bicyclic) bond motifs is 1. The van der Waals surface area contributed by atoms with Crippen LogP contribution in [0.1, 0.15) is 71.0 Å². The number of nitriles is 1. The van der Waals surface area contributed by atoms with Crippen LogP contribution in [0.25, 0.3) is 11.0 Å². The first kappa shape index (κ1) is 31.9. The topological polar surface area (TPSA) is 138 Å². The van der Waals surface area contributed by atoms with Gasteiger partial charge in [0.25, 0.3) is 11.8 Å². The molecule has 0 spiro atoms. The minimum atomic E-state index is -0.722. The van der Waals surface area contributed by atoms with Gasteiger partial charge in [-0.1, -0.05) is 32.0 Å². The van der Waals surface area contributed by atoms with E-state index in [0.717, 1.165) is 23.0 Å². The second-order valence-corrected chi connectivity index (χ2v) is 12.8. The second-order valence-electron chi connectivity index (χ2n) is 12.8. The fraction of sp³-hybridized carbons (Fsp3) is 0.531. The number of benzene rings is 1. The first-order valence-electron chi connectivity index (χ1n) is 14.8. The second kappa shape index (κ2) is 13.1. The van der Waals surface area contributed by atoms with Gasteiger partial charge in [-0.3, -0.25) is 14.9 Å². The van der Waals surface area contributed by atoms with Gasteiger partial charge in [-0.25, -0.2) is 4.98 Å². The smallest absolute Gasteiger partial charge is 0.296 e. The number of aromatic nitrogens is 3. The van der Waals surface area contributed by atoms with E-state index in [1.807, 2.05) is 37.5 Å². The number of ether oxygens (including phenoxy) is 1. The number of nitrogens with zero attached hydrogens (tertiary/aromatic N) is 5. The first-order chi connectivity index (χ1) is 20.3. The maximum Gasteiger partial charge on any atom is 0.296 e. The highest BCUT2D eigenvalue weighted by atomic mass is 16.5. The molecule has 1 aromatic carbocycles. The summed E-state index contributed by atoms with van der Waals surface area (Å²) >= 11 is 0. The van der Waals surface area contributed by atoms with Gasteiger partial charge in [0.05, 0.1) is 22.8 Å². The Morgan fingerprint density at radius 1 is 1.26 bits per heavy atom. The van der Waals surface area contributed by atoms with Crippen LogP contribution in [0.15, 0.2) is 46.6 Å². The van der Waals surface area contributed by atoms with Crippen LogP contribution >= 0.6 is 0 Å². The summed E-state index contributed by atoms with van der Waals surface area (Å²) in [6, 6.07) is 10.00. The highest BCUT2D eigenvalue weighted by molar-refractivity contribution is 6.02. The fourth-order valence-corrected chi connectivity index (χ4v) is 5.14. The molecular weight excluding hydrogens is 546 g/mol. The van der Waals surface area contributed by atoms with Crippen LogP contribution in [0.2, 0.25) is 0 Å². The summed E-state index contributed by atoms with van der Waals surface area (Å²) in [7, 11) is 0. The third kappa shape index (κ3) is 7.89. The first-order valence-corrected chi connectivity index (χ1v) is 14.8. The van der Waals surface area contributed by atoms with Crippen LogP contribution in [0.5, 0.6) is 0 Å². The van der Waals surface area contributed by atoms with Crippen LogP contribution in [0, 0.1) is 22.7 Å². The molecule has 1 fully saturated rings. The summed E-state index contributed by atoms with van der Waals surface area (Å²) in [5.41, 5.74) is 2.21. The maximum absolute atomic E-state index is 13.3. The van der Waals surface area contributed by atoms with Crippen molar-refractivity contribution in [1.82, 2.24) is 24.9 Å². The van der Waals surface area contributed by atoms with E-state index in [4.69, 9.17) is 14.2 Å². The maximum atomic E-state index is 13.3. The summed E-state index contributed by atoms with van der Waals surface area (Å²) < 4.78 is 12.7. The number of nitrogens with one attached hydrogen (secondary N) is 2. The third-order valence-electron chi connectivity index (χ3n) is 7.98. The normalized spacial score (nSPS) is 16.8. The van der Waals surface area contributed by atoms with Gasteiger partial charge >= 0.3 is 0 Å². The molecule has 0 bridgehead atoms. The van der Waals surface area contributed by atoms with Crippen molar-refractivity contribution in [3.63, 3.8) is 0 Å². The molecule has 3 heterocycles. The van der Waals surface area contributed by atoms with E-state index < -0.39 is 11.5 Å². The van der Waals surface area contributed by atoms with E-state index in [1.54, 1.807) is 11.0 Å². The lowest BCUT2D eigenvalue weighted by atomic mass is 9.88. The fourth-order valence-electron chi connectivity index (χ4n) is 5.14. The minimum Gasteiger partial charge on any atom is -0.372 e. The standard InChI is InChI=1S/C32H43N7O4/c1-8-42-32(6,7)16-24(17-33)29(41)38-14-12-23(19-38)20-39-26-10-9-22(18-34-21(2)31(3,4)5)15-25(26)36-30(39)37-28(40)27-11-13-35-43-27/h9-11,13,15-16,21,23,34H,8,12,14,18-20H2,1-7H3,(H,36,37,40)/t21-,23+/m0/s1. The number of carbonyl (C=O) groups excluding carboxylic acids is 2. The molecule has 43 heavy (non-hydrogen) atoms. The molecule has 2 N–H and O–H groups in total. The zero-order valence-electron chi connectivity index (χ0n) is 26.2. The minimum absolute atomic E-state index is 0.0779. The van der Waals surface area contributed by atoms with Crippen molar-refractivity contribution in [2.45, 2.75) is 79.6 Å². The van der Waals surface area contributed by atoms with E-state index in [-0.39, 0.29) is 28.6 Å². The third-order valence-corrected chi connectivity index (χ3v) is 7.98. The molecule has 11 nitrogen and oxygen atoms in total. The average Bonchev–Trinajstić information content (AvgIpc) is 3.71. The molecule has 1 aliphatic heterocycles. The molecule has 3 aromatic rings. The molecule has 0 radical (unpaired) electrons. The van der Waals surface area contributed by atoms with Crippen molar-refractivity contribution in [2.24, 2.45) is 11.3 Å². The van der Waals surface area contributed by atoms with Crippen LogP contribution in [0.3, 0.4) is 0 Å². The van der Waals surface area contributed by atoms with Crippen molar-refractivity contribution in [2.75, 3.05) is 25.0 Å². The molecule has 2 amide bonds.